The van der Waals surface area contributed by atoms with Gasteiger partial charge in [-0.05, 0) is 37.1 Å². The summed E-state index contributed by atoms with van der Waals surface area (Å²) in [5.74, 6) is -0.185. The second-order valence-electron chi connectivity index (χ2n) is 6.67. The quantitative estimate of drug-likeness (QED) is 0.139. The fourth-order valence-corrected chi connectivity index (χ4v) is 3.18. The number of nitrogens with zero attached hydrogens (tertiary/aromatic N) is 2. The lowest BCUT2D eigenvalue weighted by molar-refractivity contribution is 0.566. The summed E-state index contributed by atoms with van der Waals surface area (Å²) >= 11 is 0. The van der Waals surface area contributed by atoms with Gasteiger partial charge in [0.1, 0.15) is 11.2 Å². The first kappa shape index (κ1) is 19.0. The first-order chi connectivity index (χ1) is 14.5. The zero-order chi connectivity index (χ0) is 21.1. The highest BCUT2D eigenvalue weighted by atomic mass is 16.3. The molecule has 30 heavy (non-hydrogen) atoms. The van der Waals surface area contributed by atoms with E-state index in [1.54, 1.807) is 0 Å². The van der Waals surface area contributed by atoms with E-state index in [-0.39, 0.29) is 11.9 Å². The summed E-state index contributed by atoms with van der Waals surface area (Å²) in [5.41, 5.74) is 32.0. The third kappa shape index (κ3) is 4.07. The van der Waals surface area contributed by atoms with Crippen LogP contribution < -0.4 is 44.6 Å². The standard InChI is InChI=1S/C20H22N8O2/c21-19(22)27-25-15(17-11-3-1-5-13(9-11)29-17)7-8-16(26-28-20(23)24)18-12-4-2-6-14(10-12)30-18/h1-6,9-10,25-26H,7-8H2,(H4,21,22,27)(H4,23,24,28). The molecular weight excluding hydrogens is 384 g/mol. The van der Waals surface area contributed by atoms with Gasteiger partial charge < -0.3 is 31.8 Å². The fraction of sp³-hybridized carbons (Fsp3) is 0.100. The molecule has 0 spiro atoms. The molecule has 0 aliphatic heterocycles. The van der Waals surface area contributed by atoms with Crippen molar-refractivity contribution < 1.29 is 8.83 Å². The van der Waals surface area contributed by atoms with Crippen LogP contribution >= 0.6 is 0 Å². The summed E-state index contributed by atoms with van der Waals surface area (Å²) in [6, 6.07) is 15.4. The van der Waals surface area contributed by atoms with Crippen LogP contribution in [0.2, 0.25) is 0 Å². The number of nitrogens with one attached hydrogen (secondary N) is 2. The van der Waals surface area contributed by atoms with Gasteiger partial charge in [0.25, 0.3) is 0 Å². The third-order valence-electron chi connectivity index (χ3n) is 4.45. The minimum Gasteiger partial charge on any atom is -0.455 e. The average Bonchev–Trinajstić information content (AvgIpc) is 3.17. The lowest BCUT2D eigenvalue weighted by Crippen LogP contribution is -2.28. The van der Waals surface area contributed by atoms with Gasteiger partial charge in [0, 0.05) is 10.8 Å². The molecule has 10 heteroatoms. The Bertz CT molecular complexity index is 1240. The maximum atomic E-state index is 5.91. The van der Waals surface area contributed by atoms with E-state index < -0.39 is 0 Å². The SMILES string of the molecule is NC(N)=NNC(CCC(NN=C(N)N)=c1oc2cccc1c2)=c1oc2cccc1c2. The molecule has 10 N–H and O–H groups in total. The second kappa shape index (κ2) is 7.95. The first-order valence-electron chi connectivity index (χ1n) is 9.22. The van der Waals surface area contributed by atoms with E-state index in [2.05, 4.69) is 21.1 Å². The normalized spacial score (nSPS) is 13.2. The van der Waals surface area contributed by atoms with E-state index in [9.17, 15) is 0 Å². The predicted molar refractivity (Wildman–Crippen MR) is 117 cm³/mol. The Hall–Kier alpha value is -4.34. The van der Waals surface area contributed by atoms with E-state index in [0.29, 0.717) is 35.1 Å². The largest absolute Gasteiger partial charge is 0.455 e. The molecule has 0 aliphatic carbocycles. The number of hydrazone groups is 2. The van der Waals surface area contributed by atoms with Crippen LogP contribution in [0.5, 0.6) is 0 Å². The molecule has 10 nitrogen and oxygen atoms in total. The molecular formula is C20H22N8O2. The predicted octanol–water partition coefficient (Wildman–Crippen LogP) is -0.130. The molecule has 0 saturated carbocycles. The van der Waals surface area contributed by atoms with Crippen LogP contribution in [-0.2, 0) is 0 Å². The second-order valence-corrected chi connectivity index (χ2v) is 6.67. The van der Waals surface area contributed by atoms with Crippen LogP contribution in [0.15, 0.2) is 67.6 Å². The topological polar surface area (TPSA) is 179 Å². The van der Waals surface area contributed by atoms with Gasteiger partial charge in [-0.3, -0.25) is 10.9 Å². The number of fused-ring (bicyclic) bond motifs is 4. The summed E-state index contributed by atoms with van der Waals surface area (Å²) in [6.07, 6.45) is 0.964. The van der Waals surface area contributed by atoms with Gasteiger partial charge in [-0.25, -0.2) is 0 Å². The minimum atomic E-state index is -0.0924. The van der Waals surface area contributed by atoms with Gasteiger partial charge in [-0.2, -0.15) is 0 Å². The zero-order valence-corrected chi connectivity index (χ0v) is 16.1. The van der Waals surface area contributed by atoms with E-state index in [4.69, 9.17) is 31.8 Å². The lowest BCUT2D eigenvalue weighted by atomic mass is 10.1. The van der Waals surface area contributed by atoms with Crippen LogP contribution in [0.3, 0.4) is 0 Å². The Balaban J connectivity index is 1.75. The van der Waals surface area contributed by atoms with Crippen molar-refractivity contribution in [2.45, 2.75) is 12.8 Å². The molecule has 0 saturated heterocycles. The summed E-state index contributed by atoms with van der Waals surface area (Å²) in [4.78, 5) is 0. The molecule has 2 aromatic carbocycles. The number of hydrogen-bond donors (Lipinski definition) is 6. The molecule has 4 rings (SSSR count). The Labute approximate surface area is 170 Å². The van der Waals surface area contributed by atoms with Gasteiger partial charge in [0.05, 0.1) is 11.4 Å². The fourth-order valence-electron chi connectivity index (χ4n) is 3.18. The van der Waals surface area contributed by atoms with Crippen molar-refractivity contribution in [3.05, 3.63) is 59.4 Å². The molecule has 0 radical (unpaired) electrons. The number of benzene rings is 2. The van der Waals surface area contributed by atoms with Crippen molar-refractivity contribution in [2.75, 3.05) is 0 Å². The highest BCUT2D eigenvalue weighted by molar-refractivity contribution is 5.77. The van der Waals surface area contributed by atoms with Gasteiger partial charge >= 0.3 is 0 Å². The summed E-state index contributed by atoms with van der Waals surface area (Å²) in [7, 11) is 0. The van der Waals surface area contributed by atoms with Crippen molar-refractivity contribution >= 4 is 45.3 Å². The molecule has 0 unspecified atom stereocenters. The van der Waals surface area contributed by atoms with Crippen molar-refractivity contribution in [3.63, 3.8) is 0 Å². The number of hydrogen-bond acceptors (Lipinski definition) is 6. The molecule has 0 amide bonds. The summed E-state index contributed by atoms with van der Waals surface area (Å²) in [6.45, 7) is 0. The summed E-state index contributed by atoms with van der Waals surface area (Å²) in [5, 5.41) is 9.72. The summed E-state index contributed by atoms with van der Waals surface area (Å²) < 4.78 is 11.8. The van der Waals surface area contributed by atoms with E-state index >= 15 is 0 Å². The van der Waals surface area contributed by atoms with Gasteiger partial charge in [0.15, 0.2) is 10.8 Å². The van der Waals surface area contributed by atoms with Crippen molar-refractivity contribution in [2.24, 2.45) is 33.1 Å². The van der Waals surface area contributed by atoms with Crippen LogP contribution in [0.4, 0.5) is 0 Å². The zero-order valence-electron chi connectivity index (χ0n) is 16.1. The molecule has 0 atom stereocenters. The van der Waals surface area contributed by atoms with E-state index in [1.807, 2.05) is 48.5 Å². The van der Waals surface area contributed by atoms with Crippen molar-refractivity contribution in [1.82, 2.24) is 10.9 Å². The maximum absolute atomic E-state index is 5.91. The van der Waals surface area contributed by atoms with Gasteiger partial charge in [0.2, 0.25) is 11.9 Å². The molecule has 0 fully saturated rings. The highest BCUT2D eigenvalue weighted by Crippen LogP contribution is 2.15. The van der Waals surface area contributed by atoms with E-state index in [1.165, 1.54) is 0 Å². The van der Waals surface area contributed by atoms with Gasteiger partial charge in [-0.1, -0.05) is 24.3 Å². The number of guanidine groups is 2. The van der Waals surface area contributed by atoms with Crippen molar-refractivity contribution in [3.8, 4) is 0 Å². The van der Waals surface area contributed by atoms with Gasteiger partial charge in [-0.15, -0.1) is 10.2 Å². The molecule has 2 aromatic heterocycles. The molecule has 2 heterocycles. The Morgan fingerprint density at radius 1 is 0.700 bits per heavy atom. The average molecular weight is 406 g/mol. The number of furan rings is 2. The molecule has 4 aromatic rings. The molecule has 0 aliphatic rings. The van der Waals surface area contributed by atoms with E-state index in [0.717, 1.165) is 21.9 Å². The van der Waals surface area contributed by atoms with Crippen molar-refractivity contribution in [1.29, 1.82) is 0 Å². The van der Waals surface area contributed by atoms with Crippen LogP contribution in [0, 0.1) is 0 Å². The number of nitrogens with two attached hydrogens (primary N) is 4. The monoisotopic (exact) mass is 406 g/mol. The Morgan fingerprint density at radius 3 is 1.50 bits per heavy atom. The first-order valence-corrected chi connectivity index (χ1v) is 9.22. The Morgan fingerprint density at radius 2 is 1.13 bits per heavy atom. The molecule has 4 bridgehead atoms. The third-order valence-corrected chi connectivity index (χ3v) is 4.45. The number of rotatable bonds is 7. The lowest BCUT2D eigenvalue weighted by Gasteiger charge is -2.09. The maximum Gasteiger partial charge on any atom is 0.208 e. The smallest absolute Gasteiger partial charge is 0.208 e. The van der Waals surface area contributed by atoms with Crippen LogP contribution in [-0.4, -0.2) is 11.9 Å². The highest BCUT2D eigenvalue weighted by Gasteiger charge is 2.11. The minimum absolute atomic E-state index is 0.0924. The van der Waals surface area contributed by atoms with Crippen LogP contribution in [0.1, 0.15) is 12.8 Å². The molecule has 154 valence electrons. The Kier molecular flexibility index (Phi) is 5.04. The van der Waals surface area contributed by atoms with Crippen LogP contribution in [0.25, 0.3) is 33.3 Å².